The molecule has 2 nitrogen and oxygen atoms in total. The van der Waals surface area contributed by atoms with Gasteiger partial charge in [0.25, 0.3) is 0 Å². The van der Waals surface area contributed by atoms with Crippen molar-refractivity contribution in [3.8, 4) is 33.8 Å². The van der Waals surface area contributed by atoms with Gasteiger partial charge in [-0.05, 0) is 47.0 Å². The normalized spacial score (nSPS) is 10.4. The standard InChI is InChI=1S/C20H17FO2/c1-22-17-8-3-14(4-9-17)16-7-12-19(20(21)13-16)15-5-10-18(23-2)11-6-15/h3-13H,1-2H3. The molecule has 0 aliphatic rings. The van der Waals surface area contributed by atoms with Gasteiger partial charge in [0, 0.05) is 5.56 Å². The van der Waals surface area contributed by atoms with Crippen LogP contribution in [-0.4, -0.2) is 14.2 Å². The zero-order valence-corrected chi connectivity index (χ0v) is 13.0. The molecule has 0 heterocycles. The van der Waals surface area contributed by atoms with E-state index in [4.69, 9.17) is 9.47 Å². The molecule has 0 aromatic heterocycles. The Labute approximate surface area is 135 Å². The molecule has 0 aliphatic carbocycles. The molecule has 0 N–H and O–H groups in total. The summed E-state index contributed by atoms with van der Waals surface area (Å²) in [5.41, 5.74) is 3.18. The largest absolute Gasteiger partial charge is 0.497 e. The quantitative estimate of drug-likeness (QED) is 0.661. The van der Waals surface area contributed by atoms with Crippen molar-refractivity contribution in [3.05, 3.63) is 72.5 Å². The molecular weight excluding hydrogens is 291 g/mol. The van der Waals surface area contributed by atoms with Crippen LogP contribution in [0.5, 0.6) is 11.5 Å². The van der Waals surface area contributed by atoms with Crippen LogP contribution in [0.25, 0.3) is 22.3 Å². The van der Waals surface area contributed by atoms with E-state index < -0.39 is 0 Å². The number of hydrogen-bond donors (Lipinski definition) is 0. The minimum atomic E-state index is -0.247. The molecule has 3 rings (SSSR count). The molecule has 3 aromatic carbocycles. The van der Waals surface area contributed by atoms with Crippen LogP contribution in [0.15, 0.2) is 66.7 Å². The van der Waals surface area contributed by atoms with E-state index in [1.54, 1.807) is 26.4 Å². The summed E-state index contributed by atoms with van der Waals surface area (Å²) in [5, 5.41) is 0. The Hall–Kier alpha value is -2.81. The van der Waals surface area contributed by atoms with Gasteiger partial charge in [0.15, 0.2) is 0 Å². The van der Waals surface area contributed by atoms with Crippen LogP contribution in [0.2, 0.25) is 0 Å². The van der Waals surface area contributed by atoms with Gasteiger partial charge >= 0.3 is 0 Å². The molecule has 23 heavy (non-hydrogen) atoms. The lowest BCUT2D eigenvalue weighted by atomic mass is 9.99. The van der Waals surface area contributed by atoms with Crippen LogP contribution in [0.3, 0.4) is 0 Å². The van der Waals surface area contributed by atoms with Crippen molar-refractivity contribution < 1.29 is 13.9 Å². The first-order valence-electron chi connectivity index (χ1n) is 7.29. The van der Waals surface area contributed by atoms with Crippen molar-refractivity contribution in [2.24, 2.45) is 0 Å². The lowest BCUT2D eigenvalue weighted by Gasteiger charge is -2.08. The summed E-state index contributed by atoms with van der Waals surface area (Å²) >= 11 is 0. The lowest BCUT2D eigenvalue weighted by Crippen LogP contribution is -1.88. The highest BCUT2D eigenvalue weighted by Gasteiger charge is 2.08. The third-order valence-corrected chi connectivity index (χ3v) is 3.79. The molecule has 0 bridgehead atoms. The van der Waals surface area contributed by atoms with Crippen molar-refractivity contribution in [2.75, 3.05) is 14.2 Å². The number of methoxy groups -OCH3 is 2. The molecule has 0 saturated heterocycles. The molecular formula is C20H17FO2. The fourth-order valence-corrected chi connectivity index (χ4v) is 2.48. The summed E-state index contributed by atoms with van der Waals surface area (Å²) in [6, 6.07) is 20.2. The third kappa shape index (κ3) is 3.19. The maximum absolute atomic E-state index is 14.5. The highest BCUT2D eigenvalue weighted by molar-refractivity contribution is 5.71. The second-order valence-electron chi connectivity index (χ2n) is 5.15. The molecule has 0 atom stereocenters. The van der Waals surface area contributed by atoms with E-state index in [9.17, 15) is 4.39 Å². The minimum absolute atomic E-state index is 0.247. The summed E-state index contributed by atoms with van der Waals surface area (Å²) in [6.07, 6.45) is 0. The van der Waals surface area contributed by atoms with Gasteiger partial charge in [0.2, 0.25) is 0 Å². The Morgan fingerprint density at radius 3 is 1.57 bits per heavy atom. The molecule has 0 aliphatic heterocycles. The van der Waals surface area contributed by atoms with E-state index in [0.717, 1.165) is 28.2 Å². The Bertz CT molecular complexity index is 793. The van der Waals surface area contributed by atoms with Crippen LogP contribution in [0, 0.1) is 5.82 Å². The van der Waals surface area contributed by atoms with Crippen molar-refractivity contribution in [1.29, 1.82) is 0 Å². The van der Waals surface area contributed by atoms with Crippen molar-refractivity contribution in [1.82, 2.24) is 0 Å². The molecule has 116 valence electrons. The molecule has 3 heteroatoms. The van der Waals surface area contributed by atoms with Gasteiger partial charge in [-0.2, -0.15) is 0 Å². The molecule has 3 aromatic rings. The highest BCUT2D eigenvalue weighted by atomic mass is 19.1. The van der Waals surface area contributed by atoms with Crippen molar-refractivity contribution in [2.45, 2.75) is 0 Å². The summed E-state index contributed by atoms with van der Waals surface area (Å²) in [4.78, 5) is 0. The lowest BCUT2D eigenvalue weighted by molar-refractivity contribution is 0.414. The zero-order valence-electron chi connectivity index (χ0n) is 13.0. The maximum Gasteiger partial charge on any atom is 0.131 e. The van der Waals surface area contributed by atoms with Crippen molar-refractivity contribution in [3.63, 3.8) is 0 Å². The molecule has 0 saturated carbocycles. The fraction of sp³-hybridized carbons (Fsp3) is 0.100. The number of rotatable bonds is 4. The summed E-state index contributed by atoms with van der Waals surface area (Å²) in [6.45, 7) is 0. The van der Waals surface area contributed by atoms with Crippen LogP contribution in [0.4, 0.5) is 4.39 Å². The van der Waals surface area contributed by atoms with E-state index in [1.807, 2.05) is 54.6 Å². The fourth-order valence-electron chi connectivity index (χ4n) is 2.48. The number of benzene rings is 3. The van der Waals surface area contributed by atoms with E-state index in [1.165, 1.54) is 0 Å². The van der Waals surface area contributed by atoms with E-state index in [-0.39, 0.29) is 5.82 Å². The predicted octanol–water partition coefficient (Wildman–Crippen LogP) is 5.18. The Morgan fingerprint density at radius 2 is 1.09 bits per heavy atom. The molecule has 0 spiro atoms. The van der Waals surface area contributed by atoms with Gasteiger partial charge in [-0.15, -0.1) is 0 Å². The first-order chi connectivity index (χ1) is 11.2. The number of halogens is 1. The monoisotopic (exact) mass is 308 g/mol. The molecule has 0 radical (unpaired) electrons. The predicted molar refractivity (Wildman–Crippen MR) is 90.4 cm³/mol. The molecule has 0 fully saturated rings. The highest BCUT2D eigenvalue weighted by Crippen LogP contribution is 2.29. The number of ether oxygens (including phenoxy) is 2. The maximum atomic E-state index is 14.5. The zero-order chi connectivity index (χ0) is 16.2. The van der Waals surface area contributed by atoms with Gasteiger partial charge in [-0.1, -0.05) is 36.4 Å². The molecule has 0 amide bonds. The van der Waals surface area contributed by atoms with Gasteiger partial charge < -0.3 is 9.47 Å². The third-order valence-electron chi connectivity index (χ3n) is 3.79. The van der Waals surface area contributed by atoms with E-state index in [0.29, 0.717) is 5.56 Å². The van der Waals surface area contributed by atoms with E-state index in [2.05, 4.69) is 0 Å². The van der Waals surface area contributed by atoms with Crippen molar-refractivity contribution >= 4 is 0 Å². The van der Waals surface area contributed by atoms with Gasteiger partial charge in [-0.3, -0.25) is 0 Å². The average Bonchev–Trinajstić information content (AvgIpc) is 2.62. The Kier molecular flexibility index (Phi) is 4.29. The summed E-state index contributed by atoms with van der Waals surface area (Å²) in [5.74, 6) is 1.29. The van der Waals surface area contributed by atoms with Gasteiger partial charge in [0.05, 0.1) is 14.2 Å². The smallest absolute Gasteiger partial charge is 0.131 e. The van der Waals surface area contributed by atoms with Crippen LogP contribution in [0.1, 0.15) is 0 Å². The molecule has 0 unspecified atom stereocenters. The van der Waals surface area contributed by atoms with Crippen LogP contribution in [-0.2, 0) is 0 Å². The van der Waals surface area contributed by atoms with E-state index >= 15 is 0 Å². The van der Waals surface area contributed by atoms with Crippen LogP contribution >= 0.6 is 0 Å². The second-order valence-corrected chi connectivity index (χ2v) is 5.15. The summed E-state index contributed by atoms with van der Waals surface area (Å²) < 4.78 is 24.8. The Balaban J connectivity index is 1.92. The topological polar surface area (TPSA) is 18.5 Å². The first kappa shape index (κ1) is 15.1. The Morgan fingerprint density at radius 1 is 0.609 bits per heavy atom. The SMILES string of the molecule is COc1ccc(-c2ccc(-c3ccc(OC)cc3)c(F)c2)cc1. The number of hydrogen-bond acceptors (Lipinski definition) is 2. The van der Waals surface area contributed by atoms with Gasteiger partial charge in [0.1, 0.15) is 17.3 Å². The van der Waals surface area contributed by atoms with Gasteiger partial charge in [-0.25, -0.2) is 4.39 Å². The first-order valence-corrected chi connectivity index (χ1v) is 7.29. The minimum Gasteiger partial charge on any atom is -0.497 e. The average molecular weight is 308 g/mol. The van der Waals surface area contributed by atoms with Crippen LogP contribution < -0.4 is 9.47 Å². The summed E-state index contributed by atoms with van der Waals surface area (Å²) in [7, 11) is 3.23. The second kappa shape index (κ2) is 6.53.